The number of thiazole rings is 1. The Morgan fingerprint density at radius 1 is 1.21 bits per heavy atom. The molecular formula is C20H13N3O4S. The topological polar surface area (TPSA) is 106 Å². The number of esters is 1. The number of nitriles is 1. The van der Waals surface area contributed by atoms with Gasteiger partial charge in [-0.3, -0.25) is 14.9 Å². The lowest BCUT2D eigenvalue weighted by Crippen LogP contribution is -2.00. The zero-order valence-corrected chi connectivity index (χ0v) is 15.5. The Morgan fingerprint density at radius 2 is 1.89 bits per heavy atom. The first-order valence-corrected chi connectivity index (χ1v) is 8.95. The van der Waals surface area contributed by atoms with Gasteiger partial charge >= 0.3 is 5.97 Å². The van der Waals surface area contributed by atoms with Crippen LogP contribution in [-0.2, 0) is 4.79 Å². The second-order valence-electron chi connectivity index (χ2n) is 5.67. The summed E-state index contributed by atoms with van der Waals surface area (Å²) in [6.07, 6.45) is 1.69. The lowest BCUT2D eigenvalue weighted by atomic mass is 10.1. The Balaban J connectivity index is 1.83. The van der Waals surface area contributed by atoms with E-state index in [1.54, 1.807) is 47.9 Å². The minimum atomic E-state index is -0.459. The molecule has 138 valence electrons. The van der Waals surface area contributed by atoms with Crippen molar-refractivity contribution in [3.8, 4) is 23.1 Å². The second-order valence-corrected chi connectivity index (χ2v) is 6.53. The average Bonchev–Trinajstić information content (AvgIpc) is 3.17. The lowest BCUT2D eigenvalue weighted by Gasteiger charge is -2.01. The summed E-state index contributed by atoms with van der Waals surface area (Å²) in [6, 6.07) is 15.0. The summed E-state index contributed by atoms with van der Waals surface area (Å²) >= 11 is 1.31. The molecule has 0 aliphatic rings. The van der Waals surface area contributed by atoms with Crippen molar-refractivity contribution in [2.75, 3.05) is 0 Å². The summed E-state index contributed by atoms with van der Waals surface area (Å²) in [6.45, 7) is 1.33. The molecule has 1 aromatic heterocycles. The van der Waals surface area contributed by atoms with E-state index in [2.05, 4.69) is 11.1 Å². The molecule has 7 nitrogen and oxygen atoms in total. The maximum absolute atomic E-state index is 11.0. The summed E-state index contributed by atoms with van der Waals surface area (Å²) < 4.78 is 4.98. The lowest BCUT2D eigenvalue weighted by molar-refractivity contribution is -0.384. The number of non-ortho nitro benzene ring substituents is 1. The van der Waals surface area contributed by atoms with Crippen LogP contribution in [0.4, 0.5) is 5.69 Å². The minimum absolute atomic E-state index is 0.00834. The van der Waals surface area contributed by atoms with Gasteiger partial charge in [0.25, 0.3) is 5.69 Å². The van der Waals surface area contributed by atoms with Crippen LogP contribution in [0.25, 0.3) is 22.9 Å². The zero-order valence-electron chi connectivity index (χ0n) is 14.7. The fourth-order valence-corrected chi connectivity index (χ4v) is 3.19. The average molecular weight is 391 g/mol. The van der Waals surface area contributed by atoms with E-state index in [9.17, 15) is 20.2 Å². The molecule has 0 N–H and O–H groups in total. The molecule has 0 bridgehead atoms. The maximum Gasteiger partial charge on any atom is 0.308 e. The van der Waals surface area contributed by atoms with Crippen molar-refractivity contribution in [1.29, 1.82) is 5.26 Å². The predicted octanol–water partition coefficient (Wildman–Crippen LogP) is 4.71. The van der Waals surface area contributed by atoms with Crippen molar-refractivity contribution in [3.05, 3.63) is 74.6 Å². The highest BCUT2D eigenvalue weighted by atomic mass is 32.1. The van der Waals surface area contributed by atoms with Crippen LogP contribution in [-0.4, -0.2) is 15.9 Å². The summed E-state index contributed by atoms with van der Waals surface area (Å²) in [5.74, 6) is 0.0282. The normalized spacial score (nSPS) is 10.9. The molecule has 0 saturated carbocycles. The van der Waals surface area contributed by atoms with Gasteiger partial charge in [-0.15, -0.1) is 11.3 Å². The monoisotopic (exact) mass is 391 g/mol. The molecule has 0 spiro atoms. The van der Waals surface area contributed by atoms with E-state index in [0.29, 0.717) is 22.0 Å². The molecule has 0 aliphatic heterocycles. The summed E-state index contributed by atoms with van der Waals surface area (Å²) in [7, 11) is 0. The number of nitro groups is 1. The van der Waals surface area contributed by atoms with E-state index < -0.39 is 10.9 Å². The highest BCUT2D eigenvalue weighted by molar-refractivity contribution is 7.11. The number of carbonyl (C=O) groups is 1. The summed E-state index contributed by atoms with van der Waals surface area (Å²) in [5.41, 5.74) is 2.53. The zero-order chi connectivity index (χ0) is 20.1. The van der Waals surface area contributed by atoms with E-state index in [1.807, 2.05) is 0 Å². The maximum atomic E-state index is 11.0. The first-order valence-electron chi connectivity index (χ1n) is 8.07. The van der Waals surface area contributed by atoms with Crippen LogP contribution in [0.1, 0.15) is 17.5 Å². The number of rotatable bonds is 5. The first-order chi connectivity index (χ1) is 13.5. The third-order valence-electron chi connectivity index (χ3n) is 3.68. The summed E-state index contributed by atoms with van der Waals surface area (Å²) in [4.78, 5) is 25.7. The molecule has 0 radical (unpaired) electrons. The highest BCUT2D eigenvalue weighted by Crippen LogP contribution is 2.28. The smallest absolute Gasteiger partial charge is 0.308 e. The van der Waals surface area contributed by atoms with Gasteiger partial charge in [-0.2, -0.15) is 5.26 Å². The second kappa shape index (κ2) is 8.24. The minimum Gasteiger partial charge on any atom is -0.427 e. The molecule has 0 unspecified atom stereocenters. The van der Waals surface area contributed by atoms with E-state index in [-0.39, 0.29) is 5.69 Å². The Morgan fingerprint density at radius 3 is 2.46 bits per heavy atom. The molecule has 0 amide bonds. The third kappa shape index (κ3) is 4.47. The first kappa shape index (κ1) is 18.9. The van der Waals surface area contributed by atoms with Crippen LogP contribution < -0.4 is 4.74 Å². The van der Waals surface area contributed by atoms with Crippen molar-refractivity contribution in [3.63, 3.8) is 0 Å². The van der Waals surface area contributed by atoms with E-state index in [1.165, 1.54) is 30.4 Å². The number of nitro benzene ring substituents is 1. The van der Waals surface area contributed by atoms with Gasteiger partial charge in [0.15, 0.2) is 0 Å². The summed E-state index contributed by atoms with van der Waals surface area (Å²) in [5, 5.41) is 22.6. The molecule has 0 atom stereocenters. The van der Waals surface area contributed by atoms with E-state index in [0.717, 1.165) is 11.1 Å². The molecule has 3 rings (SSSR count). The molecule has 1 heterocycles. The fourth-order valence-electron chi connectivity index (χ4n) is 2.39. The standard InChI is InChI=1S/C20H13N3O4S/c1-13(24)27-18-8-2-14(3-9-18)10-16(11-21)20-22-19(12-28-20)15-4-6-17(7-5-15)23(25)26/h2-10,12H,1H3/b16-10+. The van der Waals surface area contributed by atoms with Gasteiger partial charge in [0.1, 0.15) is 16.8 Å². The molecular weight excluding hydrogens is 378 g/mol. The number of allylic oxidation sites excluding steroid dienone is 1. The molecule has 28 heavy (non-hydrogen) atoms. The molecule has 0 saturated heterocycles. The van der Waals surface area contributed by atoms with Crippen molar-refractivity contribution in [1.82, 2.24) is 4.98 Å². The van der Waals surface area contributed by atoms with Crippen LogP contribution in [0.5, 0.6) is 5.75 Å². The number of benzene rings is 2. The number of aromatic nitrogens is 1. The van der Waals surface area contributed by atoms with Crippen LogP contribution in [0, 0.1) is 21.4 Å². The van der Waals surface area contributed by atoms with Crippen molar-refractivity contribution in [2.24, 2.45) is 0 Å². The molecule has 3 aromatic rings. The number of nitrogens with zero attached hydrogens (tertiary/aromatic N) is 3. The van der Waals surface area contributed by atoms with Crippen LogP contribution in [0.2, 0.25) is 0 Å². The van der Waals surface area contributed by atoms with Crippen molar-refractivity contribution >= 4 is 34.6 Å². The van der Waals surface area contributed by atoms with Gasteiger partial charge < -0.3 is 4.74 Å². The fraction of sp³-hybridized carbons (Fsp3) is 0.0500. The van der Waals surface area contributed by atoms with Gasteiger partial charge in [-0.25, -0.2) is 4.98 Å². The quantitative estimate of drug-likeness (QED) is 0.205. The van der Waals surface area contributed by atoms with Gasteiger partial charge in [0, 0.05) is 30.0 Å². The Kier molecular flexibility index (Phi) is 5.58. The van der Waals surface area contributed by atoms with Gasteiger partial charge in [-0.1, -0.05) is 12.1 Å². The van der Waals surface area contributed by atoms with Gasteiger partial charge in [0.2, 0.25) is 0 Å². The van der Waals surface area contributed by atoms with Gasteiger partial charge in [0.05, 0.1) is 16.2 Å². The largest absolute Gasteiger partial charge is 0.427 e. The highest BCUT2D eigenvalue weighted by Gasteiger charge is 2.11. The molecule has 0 aliphatic carbocycles. The van der Waals surface area contributed by atoms with Crippen LogP contribution in [0.15, 0.2) is 53.9 Å². The SMILES string of the molecule is CC(=O)Oc1ccc(/C=C(\C#N)c2nc(-c3ccc([N+](=O)[O-])cc3)cs2)cc1. The molecule has 0 fully saturated rings. The Hall–Kier alpha value is -3.83. The van der Waals surface area contributed by atoms with Crippen molar-refractivity contribution in [2.45, 2.75) is 6.92 Å². The van der Waals surface area contributed by atoms with Crippen LogP contribution in [0.3, 0.4) is 0 Å². The third-order valence-corrected chi connectivity index (χ3v) is 4.56. The van der Waals surface area contributed by atoms with E-state index in [4.69, 9.17) is 4.74 Å². The number of hydrogen-bond acceptors (Lipinski definition) is 7. The number of carbonyl (C=O) groups excluding carboxylic acids is 1. The van der Waals surface area contributed by atoms with E-state index >= 15 is 0 Å². The van der Waals surface area contributed by atoms with Crippen molar-refractivity contribution < 1.29 is 14.5 Å². The molecule has 8 heteroatoms. The number of ether oxygens (including phenoxy) is 1. The Labute approximate surface area is 164 Å². The van der Waals surface area contributed by atoms with Gasteiger partial charge in [-0.05, 0) is 35.9 Å². The Bertz CT molecular complexity index is 1090. The molecule has 2 aromatic carbocycles. The predicted molar refractivity (Wildman–Crippen MR) is 105 cm³/mol. The van der Waals surface area contributed by atoms with Crippen LogP contribution >= 0.6 is 11.3 Å². The number of hydrogen-bond donors (Lipinski definition) is 0.